The molecule has 0 unspecified atom stereocenters. The van der Waals surface area contributed by atoms with Crippen molar-refractivity contribution in [2.24, 2.45) is 0 Å². The van der Waals surface area contributed by atoms with E-state index >= 15 is 0 Å². The minimum Gasteiger partial charge on any atom is -0.376 e. The van der Waals surface area contributed by atoms with Gasteiger partial charge in [-0.15, -0.1) is 0 Å². The van der Waals surface area contributed by atoms with E-state index in [0.29, 0.717) is 39.3 Å². The Hall–Kier alpha value is -2.23. The Labute approximate surface area is 184 Å². The second-order valence-electron chi connectivity index (χ2n) is 7.31. The zero-order valence-corrected chi connectivity index (χ0v) is 18.4. The molecule has 2 aliphatic heterocycles. The second-order valence-corrected chi connectivity index (χ2v) is 8.99. The van der Waals surface area contributed by atoms with Crippen molar-refractivity contribution >= 4 is 51.7 Å². The lowest BCUT2D eigenvalue weighted by molar-refractivity contribution is -0.122. The highest BCUT2D eigenvalue weighted by Gasteiger charge is 2.32. The number of fused-ring (bicyclic) bond motifs is 1. The fourth-order valence-corrected chi connectivity index (χ4v) is 4.81. The average Bonchev–Trinajstić information content (AvgIpc) is 3.36. The minimum absolute atomic E-state index is 0.0983. The van der Waals surface area contributed by atoms with Crippen molar-refractivity contribution in [2.45, 2.75) is 38.7 Å². The summed E-state index contributed by atoms with van der Waals surface area (Å²) in [7, 11) is 0. The number of nitrogens with zero attached hydrogens (tertiary/aromatic N) is 3. The summed E-state index contributed by atoms with van der Waals surface area (Å²) >= 11 is 6.62. The normalized spacial score (nSPS) is 20.6. The highest BCUT2D eigenvalue weighted by molar-refractivity contribution is 8.26. The number of hydrogen-bond acceptors (Lipinski definition) is 7. The fraction of sp³-hybridized carbons (Fsp3) is 0.429. The topological polar surface area (TPSA) is 75.9 Å². The first-order valence-electron chi connectivity index (χ1n) is 10.2. The Morgan fingerprint density at radius 3 is 3.03 bits per heavy atom. The average molecular weight is 445 g/mol. The molecule has 2 saturated heterocycles. The highest BCUT2D eigenvalue weighted by Crippen LogP contribution is 2.33. The fourth-order valence-electron chi connectivity index (χ4n) is 3.52. The van der Waals surface area contributed by atoms with Crippen molar-refractivity contribution in [1.82, 2.24) is 14.3 Å². The van der Waals surface area contributed by atoms with Crippen LogP contribution in [-0.2, 0) is 9.53 Å². The van der Waals surface area contributed by atoms with E-state index in [-0.39, 0.29) is 17.6 Å². The summed E-state index contributed by atoms with van der Waals surface area (Å²) in [6, 6.07) is 5.40. The second kappa shape index (κ2) is 9.28. The molecule has 0 spiro atoms. The van der Waals surface area contributed by atoms with Gasteiger partial charge in [-0.05, 0) is 37.5 Å². The third kappa shape index (κ3) is 4.28. The van der Waals surface area contributed by atoms with E-state index in [1.54, 1.807) is 29.3 Å². The maximum Gasteiger partial charge on any atom is 0.267 e. The van der Waals surface area contributed by atoms with Gasteiger partial charge in [0.05, 0.1) is 16.6 Å². The van der Waals surface area contributed by atoms with Crippen molar-refractivity contribution in [3.63, 3.8) is 0 Å². The van der Waals surface area contributed by atoms with Crippen LogP contribution in [0, 0.1) is 0 Å². The number of hydrogen-bond donors (Lipinski definition) is 1. The lowest BCUT2D eigenvalue weighted by atomic mass is 10.2. The summed E-state index contributed by atoms with van der Waals surface area (Å²) in [5.74, 6) is 0.307. The first-order valence-corrected chi connectivity index (χ1v) is 11.4. The van der Waals surface area contributed by atoms with Crippen molar-refractivity contribution in [3.8, 4) is 0 Å². The minimum atomic E-state index is -0.228. The molecule has 1 atom stereocenters. The van der Waals surface area contributed by atoms with Crippen LogP contribution in [0.15, 0.2) is 34.1 Å². The van der Waals surface area contributed by atoms with E-state index in [1.165, 1.54) is 16.2 Å². The SMILES string of the molecule is CCCCN1C(=O)/C(=C/c2c(NC[C@@H]3CCCO3)nc3ccccn3c2=O)SC1=S. The zero-order valence-electron chi connectivity index (χ0n) is 16.8. The number of thioether (sulfide) groups is 1. The lowest BCUT2D eigenvalue weighted by Gasteiger charge is -2.14. The number of rotatable bonds is 7. The first-order chi connectivity index (χ1) is 14.6. The molecule has 30 heavy (non-hydrogen) atoms. The molecule has 2 aromatic rings. The smallest absolute Gasteiger partial charge is 0.267 e. The predicted octanol–water partition coefficient (Wildman–Crippen LogP) is 3.29. The molecule has 1 N–H and O–H groups in total. The van der Waals surface area contributed by atoms with E-state index in [9.17, 15) is 9.59 Å². The molecule has 158 valence electrons. The standard InChI is InChI=1S/C21H24N4O3S2/c1-2-3-9-25-20(27)16(30-21(25)29)12-15-18(22-13-14-7-6-11-28-14)23-17-8-4-5-10-24(17)19(15)26/h4-5,8,10,12,14,22H,2-3,6-7,9,11,13H2,1H3/b16-12-/t14-/m0/s1. The molecule has 7 nitrogen and oxygen atoms in total. The van der Waals surface area contributed by atoms with Crippen molar-refractivity contribution in [2.75, 3.05) is 25.0 Å². The number of amides is 1. The van der Waals surface area contributed by atoms with E-state index in [1.807, 2.05) is 6.07 Å². The molecular formula is C21H24N4O3S2. The largest absolute Gasteiger partial charge is 0.376 e. The van der Waals surface area contributed by atoms with Gasteiger partial charge in [0.2, 0.25) is 0 Å². The molecule has 4 heterocycles. The van der Waals surface area contributed by atoms with E-state index in [2.05, 4.69) is 17.2 Å². The number of carbonyl (C=O) groups excluding carboxylic acids is 1. The van der Waals surface area contributed by atoms with E-state index in [0.717, 1.165) is 32.3 Å². The maximum atomic E-state index is 13.2. The molecule has 0 aromatic carbocycles. The Balaban J connectivity index is 1.71. The summed E-state index contributed by atoms with van der Waals surface area (Å²) in [4.78, 5) is 32.8. The predicted molar refractivity (Wildman–Crippen MR) is 124 cm³/mol. The summed E-state index contributed by atoms with van der Waals surface area (Å²) < 4.78 is 7.69. The molecule has 4 rings (SSSR count). The summed E-state index contributed by atoms with van der Waals surface area (Å²) in [6.07, 6.45) is 7.27. The number of aromatic nitrogens is 2. The molecule has 0 radical (unpaired) electrons. The van der Waals surface area contributed by atoms with Crippen molar-refractivity contribution in [3.05, 3.63) is 45.2 Å². The third-order valence-electron chi connectivity index (χ3n) is 5.17. The van der Waals surface area contributed by atoms with Gasteiger partial charge in [-0.3, -0.25) is 18.9 Å². The Morgan fingerprint density at radius 2 is 2.27 bits per heavy atom. The molecule has 1 amide bonds. The molecule has 2 fully saturated rings. The molecular weight excluding hydrogens is 420 g/mol. The molecule has 0 aliphatic carbocycles. The highest BCUT2D eigenvalue weighted by atomic mass is 32.2. The van der Waals surface area contributed by atoms with Gasteiger partial charge in [-0.25, -0.2) is 4.98 Å². The zero-order chi connectivity index (χ0) is 21.1. The van der Waals surface area contributed by atoms with E-state index < -0.39 is 0 Å². The van der Waals surface area contributed by atoms with Gasteiger partial charge in [0.1, 0.15) is 15.8 Å². The van der Waals surface area contributed by atoms with Crippen LogP contribution >= 0.6 is 24.0 Å². The molecule has 0 bridgehead atoms. The van der Waals surface area contributed by atoms with Gasteiger partial charge >= 0.3 is 0 Å². The molecule has 2 aromatic heterocycles. The molecule has 2 aliphatic rings. The quantitative estimate of drug-likeness (QED) is 0.519. The number of ether oxygens (including phenoxy) is 1. The van der Waals surface area contributed by atoms with Crippen LogP contribution < -0.4 is 10.9 Å². The van der Waals surface area contributed by atoms with Gasteiger partial charge in [-0.2, -0.15) is 0 Å². The van der Waals surface area contributed by atoms with Gasteiger partial charge in [0, 0.05) is 25.9 Å². The first kappa shape index (κ1) is 21.0. The Morgan fingerprint density at radius 1 is 1.40 bits per heavy atom. The van der Waals surface area contributed by atoms with Gasteiger partial charge in [-0.1, -0.05) is 43.4 Å². The molecule has 0 saturated carbocycles. The maximum absolute atomic E-state index is 13.2. The van der Waals surface area contributed by atoms with Crippen LogP contribution in [0.3, 0.4) is 0 Å². The molecule has 9 heteroatoms. The Bertz CT molecular complexity index is 1060. The van der Waals surface area contributed by atoms with Crippen molar-refractivity contribution in [1.29, 1.82) is 0 Å². The van der Waals surface area contributed by atoms with Crippen LogP contribution in [0.4, 0.5) is 5.82 Å². The summed E-state index contributed by atoms with van der Waals surface area (Å²) in [5, 5.41) is 3.27. The van der Waals surface area contributed by atoms with Gasteiger partial charge < -0.3 is 10.1 Å². The van der Waals surface area contributed by atoms with E-state index in [4.69, 9.17) is 17.0 Å². The Kier molecular flexibility index (Phi) is 6.50. The monoisotopic (exact) mass is 444 g/mol. The third-order valence-corrected chi connectivity index (χ3v) is 6.55. The van der Waals surface area contributed by atoms with Crippen molar-refractivity contribution < 1.29 is 9.53 Å². The van der Waals surface area contributed by atoms with Gasteiger partial charge in [0.25, 0.3) is 11.5 Å². The number of thiocarbonyl (C=S) groups is 1. The number of carbonyl (C=O) groups is 1. The number of pyridine rings is 1. The summed E-state index contributed by atoms with van der Waals surface area (Å²) in [5.41, 5.74) is 0.673. The van der Waals surface area contributed by atoms with Crippen LogP contribution in [0.1, 0.15) is 38.2 Å². The number of anilines is 1. The van der Waals surface area contributed by atoms with Crippen LogP contribution in [-0.4, -0.2) is 50.3 Å². The van der Waals surface area contributed by atoms with Gasteiger partial charge in [0.15, 0.2) is 0 Å². The number of unbranched alkanes of at least 4 members (excludes halogenated alkanes) is 1. The van der Waals surface area contributed by atoms with Crippen LogP contribution in [0.25, 0.3) is 11.7 Å². The van der Waals surface area contributed by atoms with Crippen LogP contribution in [0.2, 0.25) is 0 Å². The lowest BCUT2D eigenvalue weighted by Crippen LogP contribution is -2.29. The summed E-state index contributed by atoms with van der Waals surface area (Å²) in [6.45, 7) is 3.99. The number of nitrogens with one attached hydrogen (secondary N) is 1. The van der Waals surface area contributed by atoms with Crippen LogP contribution in [0.5, 0.6) is 0 Å².